The Hall–Kier alpha value is -2.85. The lowest BCUT2D eigenvalue weighted by Crippen LogP contribution is -2.31. The monoisotopic (exact) mass is 343 g/mol. The van der Waals surface area contributed by atoms with Crippen molar-refractivity contribution in [2.75, 3.05) is 18.7 Å². The molecule has 0 aliphatic carbocycles. The van der Waals surface area contributed by atoms with Gasteiger partial charge in [-0.2, -0.15) is 5.26 Å². The van der Waals surface area contributed by atoms with E-state index < -0.39 is 0 Å². The minimum atomic E-state index is -0.373. The molecule has 0 atom stereocenters. The number of carbonyl (C=O) groups excluding carboxylic acids is 1. The first kappa shape index (κ1) is 17.5. The zero-order chi connectivity index (χ0) is 17.2. The van der Waals surface area contributed by atoms with Gasteiger partial charge >= 0.3 is 6.03 Å². The Morgan fingerprint density at radius 3 is 2.29 bits per heavy atom. The smallest absolute Gasteiger partial charge is 0.321 e. The number of rotatable bonds is 7. The van der Waals surface area contributed by atoms with Gasteiger partial charge in [0.05, 0.1) is 6.61 Å². The van der Waals surface area contributed by atoms with Crippen molar-refractivity contribution in [2.45, 2.75) is 11.8 Å². The van der Waals surface area contributed by atoms with Crippen LogP contribution < -0.4 is 20.1 Å². The largest absolute Gasteiger partial charge is 0.494 e. The van der Waals surface area contributed by atoms with Crippen LogP contribution >= 0.6 is 11.8 Å². The summed E-state index contributed by atoms with van der Waals surface area (Å²) in [4.78, 5) is 12.6. The van der Waals surface area contributed by atoms with E-state index >= 15 is 0 Å². The fourth-order valence-electron chi connectivity index (χ4n) is 1.82. The highest BCUT2D eigenvalue weighted by molar-refractivity contribution is 8.03. The Morgan fingerprint density at radius 2 is 1.71 bits per heavy atom. The van der Waals surface area contributed by atoms with E-state index in [9.17, 15) is 4.79 Å². The summed E-state index contributed by atoms with van der Waals surface area (Å²) in [6, 6.07) is 13.8. The zero-order valence-electron chi connectivity index (χ0n) is 13.1. The summed E-state index contributed by atoms with van der Waals surface area (Å²) >= 11 is 1.07. The van der Waals surface area contributed by atoms with E-state index in [-0.39, 0.29) is 12.8 Å². The summed E-state index contributed by atoms with van der Waals surface area (Å²) in [5.41, 5.74) is 0.635. The Morgan fingerprint density at radius 1 is 1.08 bits per heavy atom. The van der Waals surface area contributed by atoms with Gasteiger partial charge in [0, 0.05) is 10.6 Å². The Kier molecular flexibility index (Phi) is 6.80. The van der Waals surface area contributed by atoms with Crippen LogP contribution in [0.3, 0.4) is 0 Å². The second-order valence-electron chi connectivity index (χ2n) is 4.54. The Balaban J connectivity index is 1.73. The molecule has 7 heteroatoms. The molecular weight excluding hydrogens is 326 g/mol. The highest BCUT2D eigenvalue weighted by Gasteiger charge is 2.02. The number of carbonyl (C=O) groups is 1. The Labute approximate surface area is 144 Å². The number of nitrogens with zero attached hydrogens (tertiary/aromatic N) is 1. The van der Waals surface area contributed by atoms with Gasteiger partial charge in [0.1, 0.15) is 16.9 Å². The molecular formula is C17H17N3O3S. The molecule has 2 N–H and O–H groups in total. The number of thioether (sulfide) groups is 1. The van der Waals surface area contributed by atoms with Crippen LogP contribution in [0.4, 0.5) is 10.5 Å². The number of ether oxygens (including phenoxy) is 2. The van der Waals surface area contributed by atoms with Crippen LogP contribution in [0.1, 0.15) is 6.92 Å². The normalized spacial score (nSPS) is 9.67. The van der Waals surface area contributed by atoms with Crippen molar-refractivity contribution >= 4 is 23.5 Å². The maximum absolute atomic E-state index is 11.8. The molecule has 0 aromatic heterocycles. The van der Waals surface area contributed by atoms with Gasteiger partial charge in [-0.3, -0.25) is 0 Å². The first-order valence-corrected chi connectivity index (χ1v) is 8.09. The SMILES string of the molecule is CCOc1ccc(OCNC(=O)Nc2ccc(SC#N)cc2)cc1. The maximum atomic E-state index is 11.8. The standard InChI is InChI=1S/C17H17N3O3S/c1-2-22-14-5-7-15(8-6-14)23-12-19-17(21)20-13-3-9-16(10-4-13)24-11-18/h3-10H,2,12H2,1H3,(H2,19,20,21). The highest BCUT2D eigenvalue weighted by atomic mass is 32.2. The lowest BCUT2D eigenvalue weighted by atomic mass is 10.3. The van der Waals surface area contributed by atoms with Gasteiger partial charge in [-0.1, -0.05) is 0 Å². The Bertz CT molecular complexity index is 697. The molecule has 2 rings (SSSR count). The van der Waals surface area contributed by atoms with E-state index in [1.807, 2.05) is 12.3 Å². The predicted molar refractivity (Wildman–Crippen MR) is 93.2 cm³/mol. The van der Waals surface area contributed by atoms with Crippen molar-refractivity contribution in [1.82, 2.24) is 5.32 Å². The molecule has 24 heavy (non-hydrogen) atoms. The van der Waals surface area contributed by atoms with Gasteiger partial charge in [0.2, 0.25) is 0 Å². The summed E-state index contributed by atoms with van der Waals surface area (Å²) in [6.07, 6.45) is 0. The van der Waals surface area contributed by atoms with E-state index in [0.29, 0.717) is 18.0 Å². The van der Waals surface area contributed by atoms with Crippen molar-refractivity contribution < 1.29 is 14.3 Å². The number of urea groups is 1. The molecule has 0 unspecified atom stereocenters. The van der Waals surface area contributed by atoms with Crippen molar-refractivity contribution in [3.8, 4) is 16.9 Å². The van der Waals surface area contributed by atoms with Crippen LogP contribution in [0.5, 0.6) is 11.5 Å². The van der Waals surface area contributed by atoms with Crippen LogP contribution in [-0.2, 0) is 0 Å². The second-order valence-corrected chi connectivity index (χ2v) is 5.40. The first-order valence-electron chi connectivity index (χ1n) is 7.27. The van der Waals surface area contributed by atoms with Crippen LogP contribution in [0.2, 0.25) is 0 Å². The second kappa shape index (κ2) is 9.33. The minimum Gasteiger partial charge on any atom is -0.494 e. The summed E-state index contributed by atoms with van der Waals surface area (Å²) in [7, 11) is 0. The first-order chi connectivity index (χ1) is 11.7. The number of thiocyanates is 1. The number of benzene rings is 2. The molecule has 0 aliphatic heterocycles. The van der Waals surface area contributed by atoms with Crippen LogP contribution in [-0.4, -0.2) is 19.4 Å². The molecule has 0 radical (unpaired) electrons. The topological polar surface area (TPSA) is 83.4 Å². The molecule has 0 heterocycles. The molecule has 6 nitrogen and oxygen atoms in total. The van der Waals surface area contributed by atoms with E-state index in [1.54, 1.807) is 48.5 Å². The van der Waals surface area contributed by atoms with E-state index in [0.717, 1.165) is 22.4 Å². The van der Waals surface area contributed by atoms with Gasteiger partial charge < -0.3 is 20.1 Å². The fourth-order valence-corrected chi connectivity index (χ4v) is 2.20. The minimum absolute atomic E-state index is 0.0438. The average Bonchev–Trinajstić information content (AvgIpc) is 2.59. The van der Waals surface area contributed by atoms with Crippen molar-refractivity contribution in [3.63, 3.8) is 0 Å². The summed E-state index contributed by atoms with van der Waals surface area (Å²) < 4.78 is 10.8. The summed E-state index contributed by atoms with van der Waals surface area (Å²) in [5, 5.41) is 15.8. The van der Waals surface area contributed by atoms with Gasteiger partial charge in [-0.25, -0.2) is 4.79 Å². The van der Waals surface area contributed by atoms with Crippen LogP contribution in [0.25, 0.3) is 0 Å². The maximum Gasteiger partial charge on any atom is 0.321 e. The van der Waals surface area contributed by atoms with Crippen LogP contribution in [0.15, 0.2) is 53.4 Å². The molecule has 2 amide bonds. The van der Waals surface area contributed by atoms with E-state index in [2.05, 4.69) is 10.6 Å². The quantitative estimate of drug-likeness (QED) is 0.454. The van der Waals surface area contributed by atoms with Crippen molar-refractivity contribution in [1.29, 1.82) is 5.26 Å². The van der Waals surface area contributed by atoms with Gasteiger partial charge in [0.15, 0.2) is 6.73 Å². The summed E-state index contributed by atoms with van der Waals surface area (Å²) in [6.45, 7) is 2.57. The number of amides is 2. The number of nitriles is 1. The number of hydrogen-bond acceptors (Lipinski definition) is 5. The van der Waals surface area contributed by atoms with Crippen LogP contribution in [0, 0.1) is 10.7 Å². The molecule has 0 spiro atoms. The highest BCUT2D eigenvalue weighted by Crippen LogP contribution is 2.19. The van der Waals surface area contributed by atoms with Gasteiger partial charge in [-0.15, -0.1) is 0 Å². The third-order valence-corrected chi connectivity index (χ3v) is 3.48. The zero-order valence-corrected chi connectivity index (χ0v) is 13.9. The number of hydrogen-bond donors (Lipinski definition) is 2. The third kappa shape index (κ3) is 5.74. The van der Waals surface area contributed by atoms with E-state index in [4.69, 9.17) is 14.7 Å². The number of nitrogens with one attached hydrogen (secondary N) is 2. The number of anilines is 1. The fraction of sp³-hybridized carbons (Fsp3) is 0.176. The molecule has 2 aromatic rings. The van der Waals surface area contributed by atoms with Crippen molar-refractivity contribution in [3.05, 3.63) is 48.5 Å². The lowest BCUT2D eigenvalue weighted by Gasteiger charge is -2.10. The molecule has 0 bridgehead atoms. The van der Waals surface area contributed by atoms with Crippen molar-refractivity contribution in [2.24, 2.45) is 0 Å². The third-order valence-electron chi connectivity index (χ3n) is 2.88. The lowest BCUT2D eigenvalue weighted by molar-refractivity contribution is 0.234. The molecule has 0 aliphatic rings. The summed E-state index contributed by atoms with van der Waals surface area (Å²) in [5.74, 6) is 1.41. The predicted octanol–water partition coefficient (Wildman–Crippen LogP) is 3.82. The molecule has 0 saturated carbocycles. The molecule has 0 saturated heterocycles. The average molecular weight is 343 g/mol. The van der Waals surface area contributed by atoms with Gasteiger partial charge in [-0.05, 0) is 67.2 Å². The van der Waals surface area contributed by atoms with E-state index in [1.165, 1.54) is 0 Å². The molecule has 0 fully saturated rings. The molecule has 2 aromatic carbocycles. The molecule has 124 valence electrons. The van der Waals surface area contributed by atoms with Gasteiger partial charge in [0.25, 0.3) is 0 Å².